The number of carbonyl (C=O) groups is 1. The highest BCUT2D eigenvalue weighted by molar-refractivity contribution is 7.99. The van der Waals surface area contributed by atoms with Crippen molar-refractivity contribution in [2.45, 2.75) is 32.2 Å². The second-order valence-electron chi connectivity index (χ2n) is 6.89. The molecule has 0 saturated carbocycles. The number of rotatable bonds is 10. The van der Waals surface area contributed by atoms with Crippen molar-refractivity contribution in [3.63, 3.8) is 0 Å². The molecule has 0 fully saturated rings. The first-order chi connectivity index (χ1) is 15.0. The minimum Gasteiger partial charge on any atom is -0.493 e. The van der Waals surface area contributed by atoms with Gasteiger partial charge in [0.05, 0.1) is 12.9 Å². The molecule has 1 amide bonds. The fourth-order valence-electron chi connectivity index (χ4n) is 2.91. The molecule has 1 N–H and O–H groups in total. The van der Waals surface area contributed by atoms with Gasteiger partial charge < -0.3 is 14.8 Å². The summed E-state index contributed by atoms with van der Waals surface area (Å²) in [5, 5.41) is 12.0. The van der Waals surface area contributed by atoms with Gasteiger partial charge in [-0.15, -0.1) is 16.8 Å². The normalized spacial score (nSPS) is 10.5. The lowest BCUT2D eigenvalue weighted by molar-refractivity contribution is -0.113. The summed E-state index contributed by atoms with van der Waals surface area (Å²) in [5.41, 5.74) is 2.91. The number of methoxy groups -OCH3 is 1. The Morgan fingerprint density at radius 1 is 1.19 bits per heavy atom. The first-order valence-electron chi connectivity index (χ1n) is 9.80. The van der Waals surface area contributed by atoms with E-state index in [4.69, 9.17) is 9.47 Å². The van der Waals surface area contributed by atoms with Crippen LogP contribution < -0.4 is 14.8 Å². The summed E-state index contributed by atoms with van der Waals surface area (Å²) in [4.78, 5) is 12.4. The molecular weight excluding hydrogens is 412 g/mol. The molecule has 0 atom stereocenters. The Morgan fingerprint density at radius 2 is 2.00 bits per heavy atom. The van der Waals surface area contributed by atoms with E-state index < -0.39 is 0 Å². The number of hydrogen-bond acceptors (Lipinski definition) is 6. The molecule has 1 heterocycles. The highest BCUT2D eigenvalue weighted by atomic mass is 32.2. The molecule has 0 aliphatic heterocycles. The molecular formula is C23H26N4O3S. The third-order valence-corrected chi connectivity index (χ3v) is 5.50. The third-order valence-electron chi connectivity index (χ3n) is 4.53. The van der Waals surface area contributed by atoms with Crippen molar-refractivity contribution in [2.75, 3.05) is 18.2 Å². The number of thioether (sulfide) groups is 1. The van der Waals surface area contributed by atoms with E-state index in [2.05, 4.69) is 22.1 Å². The number of aromatic nitrogens is 3. The number of allylic oxidation sites excluding steroid dienone is 1. The van der Waals surface area contributed by atoms with Crippen LogP contribution in [0.5, 0.6) is 11.5 Å². The number of aryl methyl sites for hydroxylation is 2. The smallest absolute Gasteiger partial charge is 0.234 e. The van der Waals surface area contributed by atoms with Crippen molar-refractivity contribution in [3.8, 4) is 11.5 Å². The van der Waals surface area contributed by atoms with E-state index in [1.165, 1.54) is 11.8 Å². The molecule has 3 aromatic rings. The van der Waals surface area contributed by atoms with Crippen LogP contribution in [0.25, 0.3) is 0 Å². The van der Waals surface area contributed by atoms with Gasteiger partial charge in [0.25, 0.3) is 0 Å². The SMILES string of the molecule is C=CCn1c(COc2ccc(C)cc2OC)nnc1SCC(=O)Nc1ccccc1C. The fourth-order valence-corrected chi connectivity index (χ4v) is 3.68. The number of amides is 1. The second-order valence-corrected chi connectivity index (χ2v) is 7.84. The van der Waals surface area contributed by atoms with Crippen molar-refractivity contribution >= 4 is 23.4 Å². The number of benzene rings is 2. The number of nitrogens with one attached hydrogen (secondary N) is 1. The van der Waals surface area contributed by atoms with Crippen molar-refractivity contribution in [3.05, 3.63) is 72.1 Å². The largest absolute Gasteiger partial charge is 0.493 e. The van der Waals surface area contributed by atoms with Gasteiger partial charge in [-0.3, -0.25) is 9.36 Å². The van der Waals surface area contributed by atoms with Gasteiger partial charge in [-0.25, -0.2) is 0 Å². The van der Waals surface area contributed by atoms with Crippen LogP contribution in [0.2, 0.25) is 0 Å². The summed E-state index contributed by atoms with van der Waals surface area (Å²) in [6.45, 7) is 8.49. The van der Waals surface area contributed by atoms with Crippen LogP contribution in [0.1, 0.15) is 17.0 Å². The van der Waals surface area contributed by atoms with Crippen LogP contribution in [-0.4, -0.2) is 33.5 Å². The van der Waals surface area contributed by atoms with Gasteiger partial charge in [-0.2, -0.15) is 0 Å². The molecule has 162 valence electrons. The van der Waals surface area contributed by atoms with Crippen LogP contribution in [0.3, 0.4) is 0 Å². The van der Waals surface area contributed by atoms with E-state index in [-0.39, 0.29) is 18.3 Å². The van der Waals surface area contributed by atoms with Gasteiger partial charge in [0.15, 0.2) is 22.5 Å². The Balaban J connectivity index is 1.65. The molecule has 1 aromatic heterocycles. The van der Waals surface area contributed by atoms with Gasteiger partial charge in [0.2, 0.25) is 5.91 Å². The Kier molecular flexibility index (Phi) is 7.72. The van der Waals surface area contributed by atoms with E-state index in [9.17, 15) is 4.79 Å². The van der Waals surface area contributed by atoms with Crippen LogP contribution >= 0.6 is 11.8 Å². The maximum absolute atomic E-state index is 12.4. The molecule has 3 rings (SSSR count). The first-order valence-corrected chi connectivity index (χ1v) is 10.8. The predicted molar refractivity (Wildman–Crippen MR) is 123 cm³/mol. The minimum absolute atomic E-state index is 0.102. The maximum Gasteiger partial charge on any atom is 0.234 e. The minimum atomic E-state index is -0.102. The lowest BCUT2D eigenvalue weighted by atomic mass is 10.2. The average molecular weight is 439 g/mol. The lowest BCUT2D eigenvalue weighted by Gasteiger charge is -2.12. The number of anilines is 1. The summed E-state index contributed by atoms with van der Waals surface area (Å²) < 4.78 is 13.2. The number of ether oxygens (including phenoxy) is 2. The van der Waals surface area contributed by atoms with Crippen LogP contribution in [0, 0.1) is 13.8 Å². The van der Waals surface area contributed by atoms with E-state index in [1.807, 2.05) is 60.9 Å². The van der Waals surface area contributed by atoms with Crippen LogP contribution in [0.15, 0.2) is 60.3 Å². The van der Waals surface area contributed by atoms with Crippen LogP contribution in [0.4, 0.5) is 5.69 Å². The van der Waals surface area contributed by atoms with Crippen molar-refractivity contribution < 1.29 is 14.3 Å². The van der Waals surface area contributed by atoms with Gasteiger partial charge >= 0.3 is 0 Å². The maximum atomic E-state index is 12.4. The Labute approximate surface area is 186 Å². The molecule has 0 spiro atoms. The van der Waals surface area contributed by atoms with Crippen molar-refractivity contribution in [2.24, 2.45) is 0 Å². The standard InChI is InChI=1S/C23H26N4O3S/c1-5-12-27-21(14-30-19-11-10-16(2)13-20(19)29-4)25-26-23(27)31-15-22(28)24-18-9-7-6-8-17(18)3/h5-11,13H,1,12,14-15H2,2-4H3,(H,24,28). The van der Waals surface area contributed by atoms with Gasteiger partial charge in [0.1, 0.15) is 6.61 Å². The molecule has 2 aromatic carbocycles. The zero-order valence-electron chi connectivity index (χ0n) is 17.9. The molecule has 0 bridgehead atoms. The summed E-state index contributed by atoms with van der Waals surface area (Å²) in [6, 6.07) is 13.4. The Hall–Kier alpha value is -3.26. The summed E-state index contributed by atoms with van der Waals surface area (Å²) >= 11 is 1.32. The molecule has 7 nitrogen and oxygen atoms in total. The quantitative estimate of drug-likeness (QED) is 0.373. The predicted octanol–water partition coefficient (Wildman–Crippen LogP) is 4.40. The molecule has 0 aliphatic carbocycles. The summed E-state index contributed by atoms with van der Waals surface area (Å²) in [7, 11) is 1.61. The van der Waals surface area contributed by atoms with Gasteiger partial charge in [0, 0.05) is 12.2 Å². The molecule has 8 heteroatoms. The van der Waals surface area contributed by atoms with Crippen molar-refractivity contribution in [1.82, 2.24) is 14.8 Å². The molecule has 31 heavy (non-hydrogen) atoms. The highest BCUT2D eigenvalue weighted by Gasteiger charge is 2.15. The highest BCUT2D eigenvalue weighted by Crippen LogP contribution is 2.29. The number of para-hydroxylation sites is 1. The van der Waals surface area contributed by atoms with Crippen LogP contribution in [-0.2, 0) is 17.9 Å². The van der Waals surface area contributed by atoms with Gasteiger partial charge in [-0.1, -0.05) is 42.1 Å². The summed E-state index contributed by atoms with van der Waals surface area (Å²) in [5.74, 6) is 2.06. The lowest BCUT2D eigenvalue weighted by Crippen LogP contribution is -2.15. The third kappa shape index (κ3) is 5.88. The average Bonchev–Trinajstić information content (AvgIpc) is 3.14. The molecule has 0 saturated heterocycles. The number of nitrogens with zero attached hydrogens (tertiary/aromatic N) is 3. The van der Waals surface area contributed by atoms with E-state index in [0.717, 1.165) is 16.8 Å². The summed E-state index contributed by atoms with van der Waals surface area (Å²) in [6.07, 6.45) is 1.76. The topological polar surface area (TPSA) is 78.3 Å². The molecule has 0 unspecified atom stereocenters. The van der Waals surface area contributed by atoms with Gasteiger partial charge in [-0.05, 0) is 43.2 Å². The van der Waals surface area contributed by atoms with E-state index >= 15 is 0 Å². The zero-order valence-corrected chi connectivity index (χ0v) is 18.7. The molecule has 0 aliphatic rings. The molecule has 0 radical (unpaired) electrons. The number of carbonyl (C=O) groups excluding carboxylic acids is 1. The zero-order chi connectivity index (χ0) is 22.2. The van der Waals surface area contributed by atoms with Crippen molar-refractivity contribution in [1.29, 1.82) is 0 Å². The van der Waals surface area contributed by atoms with E-state index in [1.54, 1.807) is 13.2 Å². The second kappa shape index (κ2) is 10.7. The van der Waals surface area contributed by atoms with E-state index in [0.29, 0.717) is 29.0 Å². The number of hydrogen-bond donors (Lipinski definition) is 1. The monoisotopic (exact) mass is 438 g/mol. The Morgan fingerprint density at radius 3 is 2.74 bits per heavy atom. The fraction of sp³-hybridized carbons (Fsp3) is 0.261. The Bertz CT molecular complexity index is 1060. The first kappa shape index (κ1) is 22.4.